The first-order valence-electron chi connectivity index (χ1n) is 5.86. The van der Waals surface area contributed by atoms with Crippen LogP contribution in [0.4, 0.5) is 0 Å². The Bertz CT molecular complexity index is 339. The molecule has 0 amide bonds. The van der Waals surface area contributed by atoms with Crippen LogP contribution in [0, 0.1) is 5.41 Å². The van der Waals surface area contributed by atoms with Crippen molar-refractivity contribution in [2.75, 3.05) is 11.5 Å². The molecule has 0 heterocycles. The Morgan fingerprint density at radius 2 is 1.88 bits per heavy atom. The normalized spacial score (nSPS) is 19.8. The average molecular weight is 248 g/mol. The van der Waals surface area contributed by atoms with Gasteiger partial charge >= 0.3 is 5.97 Å². The zero-order valence-corrected chi connectivity index (χ0v) is 10.6. The first-order valence-corrected chi connectivity index (χ1v) is 7.68. The molecule has 4 nitrogen and oxygen atoms in total. The first kappa shape index (κ1) is 13.5. The molecule has 5 heteroatoms. The van der Waals surface area contributed by atoms with E-state index in [2.05, 4.69) is 0 Å². The van der Waals surface area contributed by atoms with E-state index in [-0.39, 0.29) is 11.5 Å². The molecule has 0 unspecified atom stereocenters. The highest BCUT2D eigenvalue weighted by Gasteiger charge is 2.40. The largest absolute Gasteiger partial charge is 0.481 e. The highest BCUT2D eigenvalue weighted by atomic mass is 32.2. The van der Waals surface area contributed by atoms with E-state index in [1.807, 2.05) is 0 Å². The fourth-order valence-electron chi connectivity index (χ4n) is 2.40. The van der Waals surface area contributed by atoms with E-state index >= 15 is 0 Å². The van der Waals surface area contributed by atoms with Crippen LogP contribution in [0.2, 0.25) is 0 Å². The summed E-state index contributed by atoms with van der Waals surface area (Å²) >= 11 is 0. The second-order valence-electron chi connectivity index (χ2n) is 4.63. The fourth-order valence-corrected chi connectivity index (χ4v) is 3.27. The van der Waals surface area contributed by atoms with Crippen LogP contribution in [0.5, 0.6) is 0 Å². The SMILES string of the molecule is CCS(=O)(=O)CCCC1(C(=O)O)CCCC1. The summed E-state index contributed by atoms with van der Waals surface area (Å²) < 4.78 is 22.6. The van der Waals surface area contributed by atoms with Crippen LogP contribution in [0.15, 0.2) is 0 Å². The van der Waals surface area contributed by atoms with Gasteiger partial charge in [0.1, 0.15) is 9.84 Å². The van der Waals surface area contributed by atoms with Crippen molar-refractivity contribution >= 4 is 15.8 Å². The van der Waals surface area contributed by atoms with E-state index in [0.29, 0.717) is 25.7 Å². The second-order valence-corrected chi connectivity index (χ2v) is 7.11. The molecule has 1 N–H and O–H groups in total. The molecule has 94 valence electrons. The van der Waals surface area contributed by atoms with Crippen molar-refractivity contribution in [2.45, 2.75) is 45.4 Å². The lowest BCUT2D eigenvalue weighted by Crippen LogP contribution is -2.28. The molecule has 1 rings (SSSR count). The minimum Gasteiger partial charge on any atom is -0.481 e. The number of hydrogen-bond acceptors (Lipinski definition) is 3. The van der Waals surface area contributed by atoms with Gasteiger partial charge in [0.25, 0.3) is 0 Å². The van der Waals surface area contributed by atoms with E-state index in [1.165, 1.54) is 0 Å². The third kappa shape index (κ3) is 3.20. The molecule has 0 spiro atoms. The van der Waals surface area contributed by atoms with Crippen LogP contribution >= 0.6 is 0 Å². The van der Waals surface area contributed by atoms with Gasteiger partial charge in [-0.1, -0.05) is 19.8 Å². The van der Waals surface area contributed by atoms with Crippen molar-refractivity contribution in [3.8, 4) is 0 Å². The lowest BCUT2D eigenvalue weighted by Gasteiger charge is -2.23. The van der Waals surface area contributed by atoms with Crippen LogP contribution in [-0.4, -0.2) is 31.0 Å². The Labute approximate surface area is 97.0 Å². The quantitative estimate of drug-likeness (QED) is 0.778. The van der Waals surface area contributed by atoms with Crippen LogP contribution in [0.25, 0.3) is 0 Å². The maximum absolute atomic E-state index is 11.3. The standard InChI is InChI=1S/C11H20O4S/c1-2-16(14,15)9-5-8-11(10(12)13)6-3-4-7-11/h2-9H2,1H3,(H,12,13). The summed E-state index contributed by atoms with van der Waals surface area (Å²) in [6.45, 7) is 1.62. The number of rotatable bonds is 6. The van der Waals surface area contributed by atoms with Crippen molar-refractivity contribution in [3.05, 3.63) is 0 Å². The molecule has 0 radical (unpaired) electrons. The average Bonchev–Trinajstić information content (AvgIpc) is 2.67. The number of carboxylic acid groups (broad SMARTS) is 1. The first-order chi connectivity index (χ1) is 7.42. The summed E-state index contributed by atoms with van der Waals surface area (Å²) in [6.07, 6.45) is 4.28. The van der Waals surface area contributed by atoms with E-state index in [4.69, 9.17) is 0 Å². The highest BCUT2D eigenvalue weighted by Crippen LogP contribution is 2.42. The summed E-state index contributed by atoms with van der Waals surface area (Å²) in [7, 11) is -2.96. The Balaban J connectivity index is 2.49. The molecule has 0 bridgehead atoms. The van der Waals surface area contributed by atoms with Gasteiger partial charge in [-0.15, -0.1) is 0 Å². The molecule has 0 aliphatic heterocycles. The Morgan fingerprint density at radius 1 is 1.31 bits per heavy atom. The number of sulfone groups is 1. The summed E-state index contributed by atoms with van der Waals surface area (Å²) in [6, 6.07) is 0. The molecule has 16 heavy (non-hydrogen) atoms. The van der Waals surface area contributed by atoms with Crippen LogP contribution in [-0.2, 0) is 14.6 Å². The molecule has 0 atom stereocenters. The topological polar surface area (TPSA) is 71.4 Å². The lowest BCUT2D eigenvalue weighted by molar-refractivity contribution is -0.149. The lowest BCUT2D eigenvalue weighted by atomic mass is 9.82. The maximum Gasteiger partial charge on any atom is 0.309 e. The van der Waals surface area contributed by atoms with Gasteiger partial charge in [-0.3, -0.25) is 4.79 Å². The Kier molecular flexibility index (Phi) is 4.35. The number of carboxylic acids is 1. The van der Waals surface area contributed by atoms with Crippen molar-refractivity contribution < 1.29 is 18.3 Å². The van der Waals surface area contributed by atoms with Crippen molar-refractivity contribution in [3.63, 3.8) is 0 Å². The van der Waals surface area contributed by atoms with Crippen LogP contribution in [0.1, 0.15) is 45.4 Å². The van der Waals surface area contributed by atoms with Gasteiger partial charge < -0.3 is 5.11 Å². The predicted octanol–water partition coefficient (Wildman–Crippen LogP) is 1.85. The molecular formula is C11H20O4S. The zero-order chi connectivity index (χ0) is 12.2. The van der Waals surface area contributed by atoms with Crippen LogP contribution in [0.3, 0.4) is 0 Å². The smallest absolute Gasteiger partial charge is 0.309 e. The summed E-state index contributed by atoms with van der Waals surface area (Å²) in [4.78, 5) is 11.2. The van der Waals surface area contributed by atoms with E-state index < -0.39 is 21.2 Å². The minimum atomic E-state index is -2.96. The molecule has 1 fully saturated rings. The van der Waals surface area contributed by atoms with E-state index in [1.54, 1.807) is 6.92 Å². The van der Waals surface area contributed by atoms with Crippen LogP contribution < -0.4 is 0 Å². The molecular weight excluding hydrogens is 228 g/mol. The van der Waals surface area contributed by atoms with Gasteiger partial charge in [0.05, 0.1) is 11.2 Å². The highest BCUT2D eigenvalue weighted by molar-refractivity contribution is 7.91. The molecule has 1 aliphatic rings. The maximum atomic E-state index is 11.3. The monoisotopic (exact) mass is 248 g/mol. The summed E-state index contributed by atoms with van der Waals surface area (Å²) in [5.74, 6) is -0.482. The predicted molar refractivity (Wildman–Crippen MR) is 62.1 cm³/mol. The summed E-state index contributed by atoms with van der Waals surface area (Å²) in [5.41, 5.74) is -0.636. The minimum absolute atomic E-state index is 0.124. The van der Waals surface area contributed by atoms with Crippen molar-refractivity contribution in [2.24, 2.45) is 5.41 Å². The molecule has 0 aromatic heterocycles. The van der Waals surface area contributed by atoms with E-state index in [9.17, 15) is 18.3 Å². The third-order valence-electron chi connectivity index (χ3n) is 3.56. The second kappa shape index (κ2) is 5.17. The Morgan fingerprint density at radius 3 is 2.31 bits per heavy atom. The van der Waals surface area contributed by atoms with Gasteiger partial charge in [-0.25, -0.2) is 8.42 Å². The fraction of sp³-hybridized carbons (Fsp3) is 0.909. The van der Waals surface area contributed by atoms with E-state index in [0.717, 1.165) is 12.8 Å². The van der Waals surface area contributed by atoms with Gasteiger partial charge in [0.15, 0.2) is 0 Å². The van der Waals surface area contributed by atoms with Gasteiger partial charge in [-0.05, 0) is 25.7 Å². The summed E-state index contributed by atoms with van der Waals surface area (Å²) in [5, 5.41) is 9.20. The zero-order valence-electron chi connectivity index (χ0n) is 9.74. The third-order valence-corrected chi connectivity index (χ3v) is 5.36. The number of hydrogen-bond donors (Lipinski definition) is 1. The Hall–Kier alpha value is -0.580. The molecule has 0 saturated heterocycles. The number of aliphatic carboxylic acids is 1. The van der Waals surface area contributed by atoms with Gasteiger partial charge in [0.2, 0.25) is 0 Å². The molecule has 0 aromatic carbocycles. The van der Waals surface area contributed by atoms with Crippen molar-refractivity contribution in [1.82, 2.24) is 0 Å². The van der Waals surface area contributed by atoms with Crippen molar-refractivity contribution in [1.29, 1.82) is 0 Å². The van der Waals surface area contributed by atoms with Gasteiger partial charge in [0, 0.05) is 5.75 Å². The number of carbonyl (C=O) groups is 1. The van der Waals surface area contributed by atoms with Gasteiger partial charge in [-0.2, -0.15) is 0 Å². The molecule has 0 aromatic rings. The molecule has 1 saturated carbocycles. The molecule has 1 aliphatic carbocycles.